The fourth-order valence-electron chi connectivity index (χ4n) is 1.53. The first-order valence-corrected chi connectivity index (χ1v) is 6.00. The van der Waals surface area contributed by atoms with E-state index in [9.17, 15) is 13.2 Å². The second-order valence-corrected chi connectivity index (χ2v) is 4.35. The summed E-state index contributed by atoms with van der Waals surface area (Å²) in [5.74, 6) is 0. The summed E-state index contributed by atoms with van der Waals surface area (Å²) in [7, 11) is 0. The summed E-state index contributed by atoms with van der Waals surface area (Å²) in [5, 5.41) is 1.77. The number of unbranched alkanes of at least 4 members (excludes halogenated alkanes) is 1. The zero-order valence-electron chi connectivity index (χ0n) is 10.0. The molecule has 1 aromatic rings. The third-order valence-corrected chi connectivity index (χ3v) is 2.81. The maximum Gasteiger partial charge on any atom is 0.417 e. The van der Waals surface area contributed by atoms with E-state index >= 15 is 0 Å². The van der Waals surface area contributed by atoms with Crippen LogP contribution in [0.3, 0.4) is 0 Å². The highest BCUT2D eigenvalue weighted by atomic mass is 35.5. The Morgan fingerprint density at radius 2 is 1.94 bits per heavy atom. The lowest BCUT2D eigenvalue weighted by Crippen LogP contribution is -3.00. The average Bonchev–Trinajstić information content (AvgIpc) is 2.25. The van der Waals surface area contributed by atoms with Crippen LogP contribution in [0, 0.1) is 0 Å². The van der Waals surface area contributed by atoms with Crippen molar-refractivity contribution in [3.8, 4) is 0 Å². The zero-order chi connectivity index (χ0) is 12.9. The number of nitrogens with two attached hydrogens (primary N) is 1. The van der Waals surface area contributed by atoms with Gasteiger partial charge < -0.3 is 17.7 Å². The Morgan fingerprint density at radius 3 is 2.50 bits per heavy atom. The molecule has 1 rings (SSSR count). The summed E-state index contributed by atoms with van der Waals surface area (Å²) in [6.07, 6.45) is -2.22. The van der Waals surface area contributed by atoms with Crippen molar-refractivity contribution in [2.45, 2.75) is 32.5 Å². The van der Waals surface area contributed by atoms with Crippen LogP contribution in [-0.4, -0.2) is 6.54 Å². The first-order valence-electron chi connectivity index (χ1n) is 5.62. The van der Waals surface area contributed by atoms with E-state index in [-0.39, 0.29) is 17.4 Å². The van der Waals surface area contributed by atoms with E-state index in [4.69, 9.17) is 11.6 Å². The SMILES string of the molecule is CCCC[NH2+]Cc1ccc(Cl)c(C(F)(F)F)c1.[Cl-]. The van der Waals surface area contributed by atoms with Crippen molar-refractivity contribution < 1.29 is 30.9 Å². The molecule has 0 heterocycles. The van der Waals surface area contributed by atoms with E-state index < -0.39 is 11.7 Å². The lowest BCUT2D eigenvalue weighted by molar-refractivity contribution is -0.670. The number of hydrogen-bond donors (Lipinski definition) is 1. The molecule has 1 aromatic carbocycles. The summed E-state index contributed by atoms with van der Waals surface area (Å²) in [6, 6.07) is 4.08. The largest absolute Gasteiger partial charge is 1.00 e. The van der Waals surface area contributed by atoms with E-state index in [1.54, 1.807) is 6.07 Å². The van der Waals surface area contributed by atoms with Crippen LogP contribution in [0.5, 0.6) is 0 Å². The molecule has 0 saturated carbocycles. The zero-order valence-corrected chi connectivity index (χ0v) is 11.5. The minimum absolute atomic E-state index is 0. The third kappa shape index (κ3) is 5.46. The Labute approximate surface area is 116 Å². The molecule has 2 N–H and O–H groups in total. The molecule has 0 aliphatic heterocycles. The molecule has 0 saturated heterocycles. The van der Waals surface area contributed by atoms with Crippen LogP contribution in [0.15, 0.2) is 18.2 Å². The number of halogens is 5. The van der Waals surface area contributed by atoms with E-state index in [1.165, 1.54) is 6.07 Å². The van der Waals surface area contributed by atoms with Crippen LogP contribution in [0.25, 0.3) is 0 Å². The van der Waals surface area contributed by atoms with Gasteiger partial charge in [-0.15, -0.1) is 0 Å². The van der Waals surface area contributed by atoms with Crippen molar-refractivity contribution in [2.24, 2.45) is 0 Å². The van der Waals surface area contributed by atoms with Crippen LogP contribution in [0.2, 0.25) is 5.02 Å². The van der Waals surface area contributed by atoms with Crippen molar-refractivity contribution in [1.29, 1.82) is 0 Å². The van der Waals surface area contributed by atoms with Crippen LogP contribution in [0.4, 0.5) is 13.2 Å². The Morgan fingerprint density at radius 1 is 1.28 bits per heavy atom. The van der Waals surface area contributed by atoms with Crippen molar-refractivity contribution >= 4 is 11.6 Å². The number of hydrogen-bond acceptors (Lipinski definition) is 0. The van der Waals surface area contributed by atoms with Gasteiger partial charge in [-0.3, -0.25) is 0 Å². The third-order valence-electron chi connectivity index (χ3n) is 2.48. The second kappa shape index (κ2) is 7.87. The van der Waals surface area contributed by atoms with E-state index in [2.05, 4.69) is 6.92 Å². The van der Waals surface area contributed by atoms with Gasteiger partial charge in [0.05, 0.1) is 17.1 Å². The van der Waals surface area contributed by atoms with Crippen molar-refractivity contribution in [3.05, 3.63) is 34.3 Å². The van der Waals surface area contributed by atoms with Gasteiger partial charge in [0, 0.05) is 5.56 Å². The fraction of sp³-hybridized carbons (Fsp3) is 0.500. The molecule has 0 spiro atoms. The van der Waals surface area contributed by atoms with Crippen LogP contribution in [-0.2, 0) is 12.7 Å². The highest BCUT2D eigenvalue weighted by Gasteiger charge is 2.33. The maximum atomic E-state index is 12.6. The normalized spacial score (nSPS) is 11.2. The van der Waals surface area contributed by atoms with Crippen LogP contribution < -0.4 is 17.7 Å². The maximum absolute atomic E-state index is 12.6. The predicted molar refractivity (Wildman–Crippen MR) is 61.9 cm³/mol. The smallest absolute Gasteiger partial charge is 0.417 e. The minimum atomic E-state index is -4.38. The highest BCUT2D eigenvalue weighted by molar-refractivity contribution is 6.31. The van der Waals surface area contributed by atoms with Gasteiger partial charge in [0.1, 0.15) is 6.54 Å². The predicted octanol–water partition coefficient (Wildman–Crippen LogP) is 0.226. The Bertz CT molecular complexity index is 367. The first-order chi connectivity index (χ1) is 7.95. The molecule has 18 heavy (non-hydrogen) atoms. The summed E-state index contributed by atoms with van der Waals surface area (Å²) in [4.78, 5) is 0. The van der Waals surface area contributed by atoms with E-state index in [0.717, 1.165) is 25.5 Å². The molecule has 0 amide bonds. The monoisotopic (exact) mass is 301 g/mol. The van der Waals surface area contributed by atoms with E-state index in [0.29, 0.717) is 12.1 Å². The van der Waals surface area contributed by atoms with Gasteiger partial charge in [-0.2, -0.15) is 13.2 Å². The van der Waals surface area contributed by atoms with Gasteiger partial charge >= 0.3 is 6.18 Å². The topological polar surface area (TPSA) is 16.6 Å². The summed E-state index contributed by atoms with van der Waals surface area (Å²) in [6.45, 7) is 3.57. The van der Waals surface area contributed by atoms with Crippen LogP contribution in [0.1, 0.15) is 30.9 Å². The molecule has 6 heteroatoms. The van der Waals surface area contributed by atoms with Crippen molar-refractivity contribution in [1.82, 2.24) is 0 Å². The Kier molecular flexibility index (Phi) is 7.67. The molecule has 0 atom stereocenters. The summed E-state index contributed by atoms with van der Waals surface area (Å²) >= 11 is 5.53. The number of benzene rings is 1. The molecule has 0 aliphatic carbocycles. The van der Waals surface area contributed by atoms with E-state index in [1.807, 2.05) is 5.32 Å². The second-order valence-electron chi connectivity index (χ2n) is 3.95. The molecule has 1 nitrogen and oxygen atoms in total. The molecular formula is C12H16Cl2F3N. The van der Waals surface area contributed by atoms with Gasteiger partial charge in [0.15, 0.2) is 0 Å². The number of rotatable bonds is 5. The first kappa shape index (κ1) is 17.6. The van der Waals surface area contributed by atoms with Crippen LogP contribution >= 0.6 is 11.6 Å². The lowest BCUT2D eigenvalue weighted by Gasteiger charge is -2.10. The highest BCUT2D eigenvalue weighted by Crippen LogP contribution is 2.34. The summed E-state index contributed by atoms with van der Waals surface area (Å²) in [5.41, 5.74) is -0.0987. The fourth-order valence-corrected chi connectivity index (χ4v) is 1.76. The summed E-state index contributed by atoms with van der Waals surface area (Å²) < 4.78 is 37.7. The van der Waals surface area contributed by atoms with Gasteiger partial charge in [-0.25, -0.2) is 0 Å². The van der Waals surface area contributed by atoms with Gasteiger partial charge in [-0.05, 0) is 18.6 Å². The molecular weight excluding hydrogens is 286 g/mol. The molecule has 0 aromatic heterocycles. The Hall–Kier alpha value is -0.450. The van der Waals surface area contributed by atoms with Gasteiger partial charge in [-0.1, -0.05) is 31.0 Å². The van der Waals surface area contributed by atoms with Gasteiger partial charge in [0.25, 0.3) is 0 Å². The molecule has 0 fully saturated rings. The number of alkyl halides is 3. The average molecular weight is 302 g/mol. The molecule has 104 valence electrons. The van der Waals surface area contributed by atoms with Crippen molar-refractivity contribution in [3.63, 3.8) is 0 Å². The van der Waals surface area contributed by atoms with Crippen molar-refractivity contribution in [2.75, 3.05) is 6.54 Å². The molecule has 0 bridgehead atoms. The molecule has 0 aliphatic rings. The van der Waals surface area contributed by atoms with Gasteiger partial charge in [0.2, 0.25) is 0 Å². The quantitative estimate of drug-likeness (QED) is 0.750. The Balaban J connectivity index is 0.00000289. The molecule has 0 unspecified atom stereocenters. The number of quaternary nitrogens is 1. The lowest BCUT2D eigenvalue weighted by atomic mass is 10.1. The minimum Gasteiger partial charge on any atom is -1.00 e. The standard InChI is InChI=1S/C12H15ClF3N.ClH/c1-2-3-6-17-8-9-4-5-11(13)10(7-9)12(14,15)16;/h4-5,7,17H,2-3,6,8H2,1H3;1H. The molecule has 0 radical (unpaired) electrons.